The van der Waals surface area contributed by atoms with Crippen LogP contribution in [-0.4, -0.2) is 42.8 Å². The highest BCUT2D eigenvalue weighted by Crippen LogP contribution is 2.29. The number of morpholine rings is 1. The molecule has 4 rings (SSSR count). The Morgan fingerprint density at radius 1 is 1.21 bits per heavy atom. The number of nitrogens with two attached hydrogens (primary N) is 1. The second-order valence-electron chi connectivity index (χ2n) is 6.99. The molecule has 1 aromatic carbocycles. The van der Waals surface area contributed by atoms with Crippen LogP contribution in [0.3, 0.4) is 0 Å². The number of nitrogens with zero attached hydrogens (tertiary/aromatic N) is 3. The molecule has 0 bridgehead atoms. The van der Waals surface area contributed by atoms with Crippen LogP contribution in [0.4, 0.5) is 11.5 Å². The van der Waals surface area contributed by atoms with Crippen LogP contribution in [0.2, 0.25) is 0 Å². The zero-order valence-corrected chi connectivity index (χ0v) is 16.1. The van der Waals surface area contributed by atoms with Gasteiger partial charge in [-0.05, 0) is 19.4 Å². The Balaban J connectivity index is 1.87. The summed E-state index contributed by atoms with van der Waals surface area (Å²) in [7, 11) is 0. The molecular formula is C21H24N6O. The van der Waals surface area contributed by atoms with E-state index in [1.165, 1.54) is 0 Å². The Morgan fingerprint density at radius 2 is 1.96 bits per heavy atom. The van der Waals surface area contributed by atoms with Gasteiger partial charge in [0, 0.05) is 42.2 Å². The molecule has 0 aliphatic carbocycles. The molecule has 7 heteroatoms. The molecule has 28 heavy (non-hydrogen) atoms. The first-order chi connectivity index (χ1) is 13.5. The highest BCUT2D eigenvalue weighted by molar-refractivity contribution is 6.23. The lowest BCUT2D eigenvalue weighted by molar-refractivity contribution is 0.122. The zero-order chi connectivity index (χ0) is 19.7. The average molecular weight is 376 g/mol. The first-order valence-electron chi connectivity index (χ1n) is 9.34. The second-order valence-corrected chi connectivity index (χ2v) is 6.99. The first-order valence-corrected chi connectivity index (χ1v) is 9.34. The SMILES string of the molecule is C/C(N)=C1\N=C(c2ccccc2C)c2cnc(N3CCOCC3)cc2NC1=N. The number of rotatable bonds is 2. The van der Waals surface area contributed by atoms with Gasteiger partial charge in [-0.25, -0.2) is 9.98 Å². The van der Waals surface area contributed by atoms with Gasteiger partial charge in [0.05, 0.1) is 24.6 Å². The maximum absolute atomic E-state index is 8.46. The molecule has 0 spiro atoms. The molecule has 144 valence electrons. The van der Waals surface area contributed by atoms with Crippen molar-refractivity contribution in [1.82, 2.24) is 4.98 Å². The van der Waals surface area contributed by atoms with Crippen molar-refractivity contribution in [3.05, 3.63) is 64.6 Å². The van der Waals surface area contributed by atoms with Gasteiger partial charge in [-0.2, -0.15) is 0 Å². The zero-order valence-electron chi connectivity index (χ0n) is 16.1. The van der Waals surface area contributed by atoms with Gasteiger partial charge >= 0.3 is 0 Å². The smallest absolute Gasteiger partial charge is 0.150 e. The van der Waals surface area contributed by atoms with Crippen LogP contribution in [0.1, 0.15) is 23.6 Å². The molecule has 2 aliphatic heterocycles. The monoisotopic (exact) mass is 376 g/mol. The summed E-state index contributed by atoms with van der Waals surface area (Å²) in [4.78, 5) is 11.7. The minimum atomic E-state index is 0.184. The van der Waals surface area contributed by atoms with Crippen LogP contribution >= 0.6 is 0 Å². The number of hydrogen-bond acceptors (Lipinski definition) is 6. The number of ether oxygens (including phenoxy) is 1. The van der Waals surface area contributed by atoms with Gasteiger partial charge in [0.25, 0.3) is 0 Å². The maximum Gasteiger partial charge on any atom is 0.150 e. The van der Waals surface area contributed by atoms with Crippen LogP contribution in [-0.2, 0) is 4.74 Å². The average Bonchev–Trinajstić information content (AvgIpc) is 2.84. The molecule has 3 heterocycles. The maximum atomic E-state index is 8.46. The van der Waals surface area contributed by atoms with Gasteiger partial charge in [0.15, 0.2) is 5.84 Å². The van der Waals surface area contributed by atoms with Crippen molar-refractivity contribution < 1.29 is 4.74 Å². The summed E-state index contributed by atoms with van der Waals surface area (Å²) in [5.74, 6) is 1.05. The van der Waals surface area contributed by atoms with E-state index >= 15 is 0 Å². The summed E-state index contributed by atoms with van der Waals surface area (Å²) in [6.45, 7) is 6.80. The van der Waals surface area contributed by atoms with E-state index in [2.05, 4.69) is 28.2 Å². The van der Waals surface area contributed by atoms with Gasteiger partial charge in [-0.3, -0.25) is 5.41 Å². The summed E-state index contributed by atoms with van der Waals surface area (Å²) in [5.41, 5.74) is 11.5. The lowest BCUT2D eigenvalue weighted by atomic mass is 9.98. The number of hydrogen-bond donors (Lipinski definition) is 3. The molecule has 1 fully saturated rings. The van der Waals surface area contributed by atoms with Crippen molar-refractivity contribution in [1.29, 1.82) is 5.41 Å². The number of anilines is 2. The molecule has 0 saturated carbocycles. The van der Waals surface area contributed by atoms with E-state index in [-0.39, 0.29) is 5.84 Å². The minimum Gasteiger partial charge on any atom is -0.400 e. The van der Waals surface area contributed by atoms with E-state index in [1.54, 1.807) is 6.92 Å². The van der Waals surface area contributed by atoms with Crippen molar-refractivity contribution in [2.24, 2.45) is 10.7 Å². The topological polar surface area (TPSA) is 99.6 Å². The molecule has 1 aromatic heterocycles. The number of fused-ring (bicyclic) bond motifs is 1. The number of nitrogens with one attached hydrogen (secondary N) is 2. The Bertz CT molecular complexity index is 984. The summed E-state index contributed by atoms with van der Waals surface area (Å²) >= 11 is 0. The summed E-state index contributed by atoms with van der Waals surface area (Å²) in [5, 5.41) is 11.6. The Labute approximate surface area is 164 Å². The molecule has 4 N–H and O–H groups in total. The highest BCUT2D eigenvalue weighted by atomic mass is 16.5. The molecular weight excluding hydrogens is 352 g/mol. The number of aliphatic imine (C=N–C) groups is 1. The van der Waals surface area contributed by atoms with E-state index in [4.69, 9.17) is 20.9 Å². The number of benzene rings is 1. The molecule has 1 saturated heterocycles. The van der Waals surface area contributed by atoms with Gasteiger partial charge in [0.1, 0.15) is 11.5 Å². The normalized spacial score (nSPS) is 18.7. The van der Waals surface area contributed by atoms with Crippen molar-refractivity contribution in [3.8, 4) is 0 Å². The fourth-order valence-electron chi connectivity index (χ4n) is 3.45. The predicted molar refractivity (Wildman–Crippen MR) is 112 cm³/mol. The molecule has 0 atom stereocenters. The number of amidine groups is 1. The number of pyridine rings is 1. The van der Waals surface area contributed by atoms with Gasteiger partial charge in [0.2, 0.25) is 0 Å². The third-order valence-corrected chi connectivity index (χ3v) is 4.97. The van der Waals surface area contributed by atoms with E-state index < -0.39 is 0 Å². The second kappa shape index (κ2) is 7.44. The van der Waals surface area contributed by atoms with Gasteiger partial charge < -0.3 is 20.7 Å². The van der Waals surface area contributed by atoms with Crippen LogP contribution in [0.15, 0.2) is 52.9 Å². The van der Waals surface area contributed by atoms with Crippen molar-refractivity contribution in [2.45, 2.75) is 13.8 Å². The quantitative estimate of drug-likeness (QED) is 0.748. The van der Waals surface area contributed by atoms with Gasteiger partial charge in [-0.1, -0.05) is 24.3 Å². The van der Waals surface area contributed by atoms with Crippen LogP contribution in [0.25, 0.3) is 0 Å². The summed E-state index contributed by atoms with van der Waals surface area (Å²) in [6.07, 6.45) is 1.83. The van der Waals surface area contributed by atoms with Crippen molar-refractivity contribution >= 4 is 23.1 Å². The minimum absolute atomic E-state index is 0.184. The number of aryl methyl sites for hydroxylation is 1. The highest BCUT2D eigenvalue weighted by Gasteiger charge is 2.23. The third kappa shape index (κ3) is 3.36. The molecule has 2 aliphatic rings. The Kier molecular flexibility index (Phi) is 4.83. The molecule has 0 unspecified atom stereocenters. The molecule has 2 aromatic rings. The number of aromatic nitrogens is 1. The lowest BCUT2D eigenvalue weighted by Gasteiger charge is -2.28. The molecule has 0 radical (unpaired) electrons. The van der Waals surface area contributed by atoms with E-state index in [0.717, 1.165) is 47.0 Å². The fourth-order valence-corrected chi connectivity index (χ4v) is 3.45. The predicted octanol–water partition coefficient (Wildman–Crippen LogP) is 2.66. The van der Waals surface area contributed by atoms with Gasteiger partial charge in [-0.15, -0.1) is 0 Å². The Hall–Kier alpha value is -3.19. The fraction of sp³-hybridized carbons (Fsp3) is 0.286. The first kappa shape index (κ1) is 18.2. The standard InChI is InChI=1S/C21H24N6O/c1-13-5-3-4-6-15(13)20-16-12-24-18(27-7-9-28-10-8-27)11-17(16)25-21(23)19(26-20)14(2)22/h3-6,11-12H,7-10,22H2,1-2H3,(H2,23,25)/b19-14+. The lowest BCUT2D eigenvalue weighted by Crippen LogP contribution is -2.36. The summed E-state index contributed by atoms with van der Waals surface area (Å²) in [6, 6.07) is 10.1. The van der Waals surface area contributed by atoms with E-state index in [1.807, 2.05) is 30.5 Å². The molecule has 7 nitrogen and oxygen atoms in total. The van der Waals surface area contributed by atoms with Crippen LogP contribution in [0, 0.1) is 12.3 Å². The third-order valence-electron chi connectivity index (χ3n) is 4.97. The van der Waals surface area contributed by atoms with Crippen LogP contribution in [0.5, 0.6) is 0 Å². The Morgan fingerprint density at radius 3 is 2.68 bits per heavy atom. The van der Waals surface area contributed by atoms with Crippen molar-refractivity contribution in [3.63, 3.8) is 0 Å². The summed E-state index contributed by atoms with van der Waals surface area (Å²) < 4.78 is 5.44. The van der Waals surface area contributed by atoms with Crippen molar-refractivity contribution in [2.75, 3.05) is 36.5 Å². The number of allylic oxidation sites excluding steroid dienone is 1. The van der Waals surface area contributed by atoms with E-state index in [0.29, 0.717) is 24.6 Å². The van der Waals surface area contributed by atoms with E-state index in [9.17, 15) is 0 Å². The largest absolute Gasteiger partial charge is 0.400 e. The molecule has 0 amide bonds. The van der Waals surface area contributed by atoms with Crippen LogP contribution < -0.4 is 16.0 Å².